The van der Waals surface area contributed by atoms with E-state index in [1.54, 1.807) is 20.0 Å². The minimum absolute atomic E-state index is 0.225. The van der Waals surface area contributed by atoms with Crippen molar-refractivity contribution in [2.45, 2.75) is 25.7 Å². The molecule has 2 aromatic rings. The van der Waals surface area contributed by atoms with E-state index in [9.17, 15) is 13.2 Å². The highest BCUT2D eigenvalue weighted by Crippen LogP contribution is 2.29. The summed E-state index contributed by atoms with van der Waals surface area (Å²) in [6.07, 6.45) is -1.83. The van der Waals surface area contributed by atoms with Crippen molar-refractivity contribution < 1.29 is 17.9 Å². The number of halogens is 3. The van der Waals surface area contributed by atoms with Crippen molar-refractivity contribution >= 4 is 5.52 Å². The van der Waals surface area contributed by atoms with E-state index in [-0.39, 0.29) is 11.3 Å². The van der Waals surface area contributed by atoms with Gasteiger partial charge in [0.2, 0.25) is 0 Å². The molecule has 0 saturated carbocycles. The molecule has 0 radical (unpaired) electrons. The standard InChI is InChI=1S/C11H12F3N3O/c1-10(2,15)9-16-6-7-8(18-11(12,13)14)4-3-5-17(7)9/h3-6H,15H2,1-2H3. The van der Waals surface area contributed by atoms with Crippen LogP contribution in [-0.2, 0) is 5.54 Å². The van der Waals surface area contributed by atoms with Gasteiger partial charge in [0.05, 0.1) is 11.7 Å². The summed E-state index contributed by atoms with van der Waals surface area (Å²) in [5, 5.41) is 0. The second-order valence-corrected chi connectivity index (χ2v) is 4.48. The smallest absolute Gasteiger partial charge is 0.403 e. The molecule has 0 atom stereocenters. The molecule has 0 spiro atoms. The van der Waals surface area contributed by atoms with Crippen LogP contribution in [0.4, 0.5) is 13.2 Å². The van der Waals surface area contributed by atoms with Crippen molar-refractivity contribution in [3.05, 3.63) is 30.4 Å². The molecular formula is C11H12F3N3O. The number of hydrogen-bond acceptors (Lipinski definition) is 3. The van der Waals surface area contributed by atoms with Gasteiger partial charge in [0.25, 0.3) is 0 Å². The summed E-state index contributed by atoms with van der Waals surface area (Å²) in [6.45, 7) is 3.44. The highest BCUT2D eigenvalue weighted by Gasteiger charge is 2.32. The van der Waals surface area contributed by atoms with E-state index >= 15 is 0 Å². The number of alkyl halides is 3. The van der Waals surface area contributed by atoms with E-state index in [1.807, 2.05) is 0 Å². The zero-order valence-electron chi connectivity index (χ0n) is 9.82. The molecule has 0 amide bonds. The first-order valence-corrected chi connectivity index (χ1v) is 5.20. The van der Waals surface area contributed by atoms with Gasteiger partial charge in [-0.25, -0.2) is 4.98 Å². The Morgan fingerprint density at radius 3 is 2.56 bits per heavy atom. The highest BCUT2D eigenvalue weighted by molar-refractivity contribution is 5.59. The number of hydrogen-bond donors (Lipinski definition) is 1. The Morgan fingerprint density at radius 1 is 1.33 bits per heavy atom. The summed E-state index contributed by atoms with van der Waals surface area (Å²) >= 11 is 0. The van der Waals surface area contributed by atoms with Gasteiger partial charge in [-0.3, -0.25) is 4.40 Å². The number of imidazole rings is 1. The molecule has 0 aliphatic rings. The Hall–Kier alpha value is -1.76. The SMILES string of the molecule is CC(C)(N)c1ncc2c(OC(F)(F)F)cccn12. The van der Waals surface area contributed by atoms with Gasteiger partial charge in [0, 0.05) is 6.20 Å². The summed E-state index contributed by atoms with van der Waals surface area (Å²) in [5.41, 5.74) is 5.36. The highest BCUT2D eigenvalue weighted by atomic mass is 19.4. The monoisotopic (exact) mass is 259 g/mol. The fourth-order valence-electron chi connectivity index (χ4n) is 1.68. The van der Waals surface area contributed by atoms with E-state index in [4.69, 9.17) is 5.73 Å². The molecule has 2 heterocycles. The fraction of sp³-hybridized carbons (Fsp3) is 0.364. The third-order valence-electron chi connectivity index (χ3n) is 2.33. The number of fused-ring (bicyclic) bond motifs is 1. The van der Waals surface area contributed by atoms with Crippen LogP contribution in [0.25, 0.3) is 5.52 Å². The maximum absolute atomic E-state index is 12.2. The third kappa shape index (κ3) is 2.40. The van der Waals surface area contributed by atoms with E-state index in [0.717, 1.165) is 0 Å². The Labute approximate surface area is 101 Å². The van der Waals surface area contributed by atoms with Crippen molar-refractivity contribution in [1.82, 2.24) is 9.38 Å². The first kappa shape index (κ1) is 12.7. The second-order valence-electron chi connectivity index (χ2n) is 4.48. The zero-order valence-corrected chi connectivity index (χ0v) is 9.82. The van der Waals surface area contributed by atoms with Gasteiger partial charge in [-0.15, -0.1) is 13.2 Å². The lowest BCUT2D eigenvalue weighted by Crippen LogP contribution is -2.31. The maximum Gasteiger partial charge on any atom is 0.573 e. The topological polar surface area (TPSA) is 52.5 Å². The third-order valence-corrected chi connectivity index (χ3v) is 2.33. The molecule has 2 rings (SSSR count). The average molecular weight is 259 g/mol. The molecular weight excluding hydrogens is 247 g/mol. The van der Waals surface area contributed by atoms with Gasteiger partial charge in [-0.1, -0.05) is 0 Å². The van der Waals surface area contributed by atoms with Gasteiger partial charge in [0.1, 0.15) is 11.3 Å². The molecule has 98 valence electrons. The summed E-state index contributed by atoms with van der Waals surface area (Å²) in [7, 11) is 0. The summed E-state index contributed by atoms with van der Waals surface area (Å²) < 4.78 is 42.1. The predicted octanol–water partition coefficient (Wildman–Crippen LogP) is 2.43. The number of pyridine rings is 1. The van der Waals surface area contributed by atoms with Crippen LogP contribution in [0.15, 0.2) is 24.5 Å². The second kappa shape index (κ2) is 3.88. The Balaban J connectivity index is 2.56. The number of nitrogens with zero attached hydrogens (tertiary/aromatic N) is 2. The van der Waals surface area contributed by atoms with Crippen LogP contribution >= 0.6 is 0 Å². The largest absolute Gasteiger partial charge is 0.573 e. The Kier molecular flexibility index (Phi) is 2.73. The lowest BCUT2D eigenvalue weighted by molar-refractivity contribution is -0.274. The van der Waals surface area contributed by atoms with Crippen LogP contribution in [0.3, 0.4) is 0 Å². The van der Waals surface area contributed by atoms with Crippen LogP contribution in [0.2, 0.25) is 0 Å². The number of aromatic nitrogens is 2. The van der Waals surface area contributed by atoms with Gasteiger partial charge < -0.3 is 10.5 Å². The van der Waals surface area contributed by atoms with Crippen molar-refractivity contribution in [2.24, 2.45) is 5.73 Å². The van der Waals surface area contributed by atoms with Gasteiger partial charge in [-0.05, 0) is 26.0 Å². The quantitative estimate of drug-likeness (QED) is 0.901. The summed E-state index contributed by atoms with van der Waals surface area (Å²) in [5.74, 6) is 0.165. The minimum atomic E-state index is -4.73. The van der Waals surface area contributed by atoms with Crippen molar-refractivity contribution in [3.63, 3.8) is 0 Å². The lowest BCUT2D eigenvalue weighted by Gasteiger charge is -2.17. The zero-order chi connectivity index (χ0) is 13.6. The van der Waals surface area contributed by atoms with Crippen LogP contribution < -0.4 is 10.5 Å². The van der Waals surface area contributed by atoms with Crippen LogP contribution in [0.5, 0.6) is 5.75 Å². The van der Waals surface area contributed by atoms with E-state index in [2.05, 4.69) is 9.72 Å². The van der Waals surface area contributed by atoms with Crippen LogP contribution in [0.1, 0.15) is 19.7 Å². The average Bonchev–Trinajstić information content (AvgIpc) is 2.58. The summed E-state index contributed by atoms with van der Waals surface area (Å²) in [4.78, 5) is 4.05. The Bertz CT molecular complexity index is 569. The summed E-state index contributed by atoms with van der Waals surface area (Å²) in [6, 6.07) is 2.68. The number of rotatable bonds is 2. The minimum Gasteiger partial charge on any atom is -0.403 e. The van der Waals surface area contributed by atoms with Crippen molar-refractivity contribution in [1.29, 1.82) is 0 Å². The molecule has 7 heteroatoms. The molecule has 0 saturated heterocycles. The van der Waals surface area contributed by atoms with Gasteiger partial charge >= 0.3 is 6.36 Å². The van der Waals surface area contributed by atoms with E-state index < -0.39 is 11.9 Å². The number of ether oxygens (including phenoxy) is 1. The maximum atomic E-state index is 12.2. The molecule has 0 fully saturated rings. The Morgan fingerprint density at radius 2 is 2.00 bits per heavy atom. The molecule has 2 N–H and O–H groups in total. The van der Waals surface area contributed by atoms with Crippen molar-refractivity contribution in [3.8, 4) is 5.75 Å². The van der Waals surface area contributed by atoms with Crippen LogP contribution in [0, 0.1) is 0 Å². The molecule has 2 aromatic heterocycles. The normalized spacial score (nSPS) is 13.0. The molecule has 0 aromatic carbocycles. The first-order chi connectivity index (χ1) is 8.18. The molecule has 4 nitrogen and oxygen atoms in total. The van der Waals surface area contributed by atoms with Gasteiger partial charge in [0.15, 0.2) is 5.75 Å². The molecule has 0 aliphatic carbocycles. The molecule has 0 bridgehead atoms. The predicted molar refractivity (Wildman–Crippen MR) is 59.1 cm³/mol. The molecule has 0 aliphatic heterocycles. The fourth-order valence-corrected chi connectivity index (χ4v) is 1.68. The number of nitrogens with two attached hydrogens (primary N) is 1. The van der Waals surface area contributed by atoms with E-state index in [1.165, 1.54) is 22.7 Å². The lowest BCUT2D eigenvalue weighted by atomic mass is 10.1. The molecule has 18 heavy (non-hydrogen) atoms. The van der Waals surface area contributed by atoms with Crippen molar-refractivity contribution in [2.75, 3.05) is 0 Å². The van der Waals surface area contributed by atoms with Crippen LogP contribution in [-0.4, -0.2) is 15.7 Å². The van der Waals surface area contributed by atoms with E-state index in [0.29, 0.717) is 5.82 Å². The first-order valence-electron chi connectivity index (χ1n) is 5.20. The van der Waals surface area contributed by atoms with Gasteiger partial charge in [-0.2, -0.15) is 0 Å². The molecule has 0 unspecified atom stereocenters.